The van der Waals surface area contributed by atoms with Crippen LogP contribution in [0, 0.1) is 23.7 Å². The number of esters is 2. The summed E-state index contributed by atoms with van der Waals surface area (Å²) in [6.45, 7) is 3.01. The van der Waals surface area contributed by atoms with E-state index in [9.17, 15) is 29.4 Å². The van der Waals surface area contributed by atoms with Crippen molar-refractivity contribution in [1.29, 1.82) is 0 Å². The minimum absolute atomic E-state index is 0.0182. The van der Waals surface area contributed by atoms with Crippen LogP contribution < -0.4 is 20.7 Å². The fraction of sp³-hybridized carbons (Fsp3) is 0.326. The van der Waals surface area contributed by atoms with Gasteiger partial charge in [0.15, 0.2) is 0 Å². The highest BCUT2D eigenvalue weighted by Gasteiger charge is 2.75. The number of methoxy groups -OCH3 is 1. The highest BCUT2D eigenvalue weighted by atomic mass is 16.6. The Kier molecular flexibility index (Phi) is 12.0. The third-order valence-electron chi connectivity index (χ3n) is 11.4. The molecule has 14 heteroatoms. The summed E-state index contributed by atoms with van der Waals surface area (Å²) in [5.74, 6) is 0.833. The van der Waals surface area contributed by atoms with Gasteiger partial charge in [-0.25, -0.2) is 14.5 Å². The van der Waals surface area contributed by atoms with E-state index in [1.807, 2.05) is 65.6 Å². The number of carbonyl (C=O) groups is 5. The lowest BCUT2D eigenvalue weighted by Crippen LogP contribution is -2.57. The monoisotopic (exact) mass is 814 g/mol. The van der Waals surface area contributed by atoms with E-state index < -0.39 is 77.3 Å². The summed E-state index contributed by atoms with van der Waals surface area (Å²) in [7, 11) is 1.19. The van der Waals surface area contributed by atoms with E-state index in [2.05, 4.69) is 17.2 Å². The highest BCUT2D eigenvalue weighted by Crippen LogP contribution is 2.65. The van der Waals surface area contributed by atoms with Crippen molar-refractivity contribution in [2.24, 2.45) is 17.6 Å². The summed E-state index contributed by atoms with van der Waals surface area (Å²) in [4.78, 5) is 75.5. The fourth-order valence-electron chi connectivity index (χ4n) is 8.97. The first-order valence-corrected chi connectivity index (χ1v) is 19.7. The topological polar surface area (TPSA) is 198 Å². The Bertz CT molecular complexity index is 2330. The lowest BCUT2D eigenvalue weighted by Gasteiger charge is -2.46. The van der Waals surface area contributed by atoms with Crippen LogP contribution in [0.3, 0.4) is 0 Å². The van der Waals surface area contributed by atoms with E-state index in [1.54, 1.807) is 50.2 Å². The number of nitrogens with zero attached hydrogens (tertiary/aromatic N) is 2. The van der Waals surface area contributed by atoms with E-state index in [4.69, 9.17) is 19.9 Å². The molecule has 60 heavy (non-hydrogen) atoms. The molecule has 1 spiro atoms. The van der Waals surface area contributed by atoms with Crippen molar-refractivity contribution < 1.29 is 48.4 Å². The summed E-state index contributed by atoms with van der Waals surface area (Å²) >= 11 is 0. The molecule has 0 saturated carbocycles. The van der Waals surface area contributed by atoms with Crippen LogP contribution in [0.25, 0.3) is 0 Å². The second-order valence-corrected chi connectivity index (χ2v) is 15.2. The normalized spacial score (nSPS) is 23.6. The molecule has 4 amide bonds. The van der Waals surface area contributed by atoms with Gasteiger partial charge in [0.25, 0.3) is 0 Å². The van der Waals surface area contributed by atoms with Crippen LogP contribution in [0.1, 0.15) is 66.3 Å². The van der Waals surface area contributed by atoms with Crippen molar-refractivity contribution >= 4 is 35.5 Å². The second-order valence-electron chi connectivity index (χ2n) is 15.2. The zero-order chi connectivity index (χ0) is 42.7. The minimum Gasteiger partial charge on any atom is -0.491 e. The van der Waals surface area contributed by atoms with Crippen LogP contribution >= 0.6 is 0 Å². The first-order valence-electron chi connectivity index (χ1n) is 19.7. The lowest BCUT2D eigenvalue weighted by molar-refractivity contribution is -0.178. The van der Waals surface area contributed by atoms with Gasteiger partial charge in [0.05, 0.1) is 44.0 Å². The number of ether oxygens (including phenoxy) is 3. The molecule has 7 atom stereocenters. The minimum atomic E-state index is -2.10. The first-order chi connectivity index (χ1) is 29.0. The molecule has 0 aliphatic carbocycles. The molecule has 5 N–H and O–H groups in total. The third-order valence-corrected chi connectivity index (χ3v) is 11.4. The van der Waals surface area contributed by atoms with E-state index in [1.165, 1.54) is 13.2 Å². The number of hydrogen-bond donors (Lipinski definition) is 4. The summed E-state index contributed by atoms with van der Waals surface area (Å²) < 4.78 is 17.0. The fourth-order valence-corrected chi connectivity index (χ4v) is 8.97. The molecule has 3 aliphatic rings. The number of carbonyl (C=O) groups excluding carboxylic acids is 5. The van der Waals surface area contributed by atoms with Crippen LogP contribution in [0.15, 0.2) is 103 Å². The first kappa shape index (κ1) is 41.6. The summed E-state index contributed by atoms with van der Waals surface area (Å²) in [5.41, 5.74) is 6.83. The van der Waals surface area contributed by atoms with Gasteiger partial charge in [-0.05, 0) is 58.5 Å². The number of urea groups is 1. The number of primary amides is 1. The molecule has 4 aromatic carbocycles. The summed E-state index contributed by atoms with van der Waals surface area (Å²) in [6.07, 6.45) is -0.785. The second kappa shape index (κ2) is 17.4. The average Bonchev–Trinajstić information content (AvgIpc) is 3.71. The van der Waals surface area contributed by atoms with Crippen LogP contribution in [0.2, 0.25) is 0 Å². The molecule has 3 heterocycles. The van der Waals surface area contributed by atoms with Gasteiger partial charge in [0.2, 0.25) is 11.8 Å². The van der Waals surface area contributed by atoms with Gasteiger partial charge in [-0.1, -0.05) is 98.5 Å². The number of cyclic esters (lactones) is 1. The number of benzene rings is 4. The van der Waals surface area contributed by atoms with Gasteiger partial charge in [-0.3, -0.25) is 19.3 Å². The van der Waals surface area contributed by atoms with Gasteiger partial charge < -0.3 is 35.5 Å². The summed E-state index contributed by atoms with van der Waals surface area (Å²) in [5, 5.41) is 21.6. The zero-order valence-corrected chi connectivity index (χ0v) is 33.3. The van der Waals surface area contributed by atoms with Crippen molar-refractivity contribution in [3.05, 3.63) is 131 Å². The van der Waals surface area contributed by atoms with E-state index in [0.717, 1.165) is 4.90 Å². The van der Waals surface area contributed by atoms with Gasteiger partial charge in [-0.2, -0.15) is 0 Å². The van der Waals surface area contributed by atoms with Crippen molar-refractivity contribution in [2.75, 3.05) is 31.8 Å². The number of aliphatic hydroxyl groups excluding tert-OH is 2. The van der Waals surface area contributed by atoms with Crippen LogP contribution in [0.4, 0.5) is 10.5 Å². The third kappa shape index (κ3) is 7.14. The number of rotatable bonds is 11. The lowest BCUT2D eigenvalue weighted by atomic mass is 9.65. The highest BCUT2D eigenvalue weighted by molar-refractivity contribution is 6.25. The molecule has 0 aromatic heterocycles. The number of fused-ring (bicyclic) bond motifs is 3. The van der Waals surface area contributed by atoms with Crippen LogP contribution in [-0.4, -0.2) is 83.9 Å². The Morgan fingerprint density at radius 2 is 1.55 bits per heavy atom. The van der Waals surface area contributed by atoms with Gasteiger partial charge >= 0.3 is 18.0 Å². The molecule has 0 bridgehead atoms. The quantitative estimate of drug-likeness (QED) is 0.127. The van der Waals surface area contributed by atoms with E-state index in [-0.39, 0.29) is 37.5 Å². The number of imide groups is 1. The number of anilines is 1. The van der Waals surface area contributed by atoms with Crippen molar-refractivity contribution in [1.82, 2.24) is 10.2 Å². The maximum Gasteiger partial charge on any atom is 0.329 e. The molecule has 14 nitrogen and oxygen atoms in total. The molecule has 7 rings (SSSR count). The maximum absolute atomic E-state index is 16.0. The molecule has 2 saturated heterocycles. The van der Waals surface area contributed by atoms with Gasteiger partial charge in [0, 0.05) is 12.0 Å². The zero-order valence-electron chi connectivity index (χ0n) is 33.3. The van der Waals surface area contributed by atoms with Crippen LogP contribution in [-0.2, 0) is 34.1 Å². The van der Waals surface area contributed by atoms with Crippen molar-refractivity contribution in [3.63, 3.8) is 0 Å². The van der Waals surface area contributed by atoms with Crippen molar-refractivity contribution in [2.45, 2.75) is 56.0 Å². The van der Waals surface area contributed by atoms with E-state index in [0.29, 0.717) is 28.0 Å². The molecule has 0 radical (unpaired) electrons. The Labute approximate surface area is 347 Å². The smallest absolute Gasteiger partial charge is 0.329 e. The Hall–Kier alpha value is -6.53. The molecular weight excluding hydrogens is 769 g/mol. The molecule has 2 fully saturated rings. The summed E-state index contributed by atoms with van der Waals surface area (Å²) in [6, 6.07) is 24.3. The molecular formula is C46H46N4O10. The number of amides is 4. The Balaban J connectivity index is 1.55. The Morgan fingerprint density at radius 3 is 2.15 bits per heavy atom. The maximum atomic E-state index is 16.0. The standard InChI is InChI=1S/C46H46N4O10/c1-27(2)36(42(54)58-3)48-45(57)49-34-22-17-28(12-10-11-23-51)26-33(34)46(44(49)56)35(41(47)53)38-43(55)60-39(30-15-8-5-9-16-30)37(29-13-6-4-7-14-29)50(38)40(46)31-18-20-32(21-19-31)59-25-24-52/h4-9,13-22,26-27,35-40,51-52H,11,23-25H2,1-3H3,(H2,47,53)(H,48,57)/t35-,36-,37-,38-,39+,40+,46-/m0/s1. The molecule has 310 valence electrons. The number of nitrogens with one attached hydrogen (secondary N) is 1. The number of hydrogen-bond acceptors (Lipinski definition) is 11. The SMILES string of the molecule is COC(=O)[C@@H](NC(=O)N1C(=O)[C@@]2(c3cc(C#CCCO)ccc31)[C@H](C(N)=O)[C@H]1C(=O)O[C@H](c3ccccc3)[C@H](c3ccccc3)N1[C@@H]2c1ccc(OCCO)cc1)C(C)C. The number of nitrogens with two attached hydrogens (primary N) is 1. The van der Waals surface area contributed by atoms with Crippen molar-refractivity contribution in [3.8, 4) is 17.6 Å². The molecule has 4 aromatic rings. The molecule has 3 aliphatic heterocycles. The largest absolute Gasteiger partial charge is 0.491 e. The average molecular weight is 815 g/mol. The van der Waals surface area contributed by atoms with E-state index >= 15 is 4.79 Å². The predicted octanol–water partition coefficient (Wildman–Crippen LogP) is 3.85. The van der Waals surface area contributed by atoms with Gasteiger partial charge in [0.1, 0.15) is 36.0 Å². The molecule has 0 unspecified atom stereocenters. The van der Waals surface area contributed by atoms with Gasteiger partial charge in [-0.15, -0.1) is 0 Å². The number of morpholine rings is 1. The van der Waals surface area contributed by atoms with Crippen LogP contribution in [0.5, 0.6) is 5.75 Å². The number of aliphatic hydroxyl groups is 2. The predicted molar refractivity (Wildman–Crippen MR) is 218 cm³/mol. The Morgan fingerprint density at radius 1 is 0.883 bits per heavy atom.